The molecule has 2 fully saturated rings. The van der Waals surface area contributed by atoms with Crippen molar-refractivity contribution in [1.82, 2.24) is 15.5 Å². The van der Waals surface area contributed by atoms with Crippen molar-refractivity contribution in [2.45, 2.75) is 49.9 Å². The van der Waals surface area contributed by atoms with Crippen LogP contribution in [-0.4, -0.2) is 76.2 Å². The van der Waals surface area contributed by atoms with Crippen molar-refractivity contribution in [3.8, 4) is 0 Å². The molecule has 0 aromatic heterocycles. The molecule has 1 aromatic rings. The lowest BCUT2D eigenvalue weighted by Crippen LogP contribution is -2.55. The second kappa shape index (κ2) is 11.8. The van der Waals surface area contributed by atoms with Crippen molar-refractivity contribution >= 4 is 39.8 Å². The second-order valence-electron chi connectivity index (χ2n) is 8.68. The lowest BCUT2D eigenvalue weighted by atomic mass is 9.99. The largest absolute Gasteiger partial charge is 0.381 e. The Morgan fingerprint density at radius 2 is 1.94 bits per heavy atom. The molecule has 0 amide bonds. The van der Waals surface area contributed by atoms with Gasteiger partial charge in [0.15, 0.2) is 15.8 Å². The Balaban J connectivity index is 0.00000341. The molecule has 9 heteroatoms. The molecular weight excluding hydrogens is 527 g/mol. The van der Waals surface area contributed by atoms with E-state index in [1.807, 2.05) is 0 Å². The molecule has 0 bridgehead atoms. The monoisotopic (exact) mass is 564 g/mol. The number of nitrogens with zero attached hydrogens (tertiary/aromatic N) is 2. The third kappa shape index (κ3) is 7.30. The molecule has 0 atom stereocenters. The minimum absolute atomic E-state index is 0. The number of sulfone groups is 1. The quantitative estimate of drug-likeness (QED) is 0.314. The number of hydrogen-bond donors (Lipinski definition) is 2. The molecule has 0 radical (unpaired) electrons. The fraction of sp³-hybridized carbons (Fsp3) is 0.682. The molecule has 31 heavy (non-hydrogen) atoms. The van der Waals surface area contributed by atoms with E-state index in [9.17, 15) is 8.42 Å². The Bertz CT molecular complexity index is 833. The van der Waals surface area contributed by atoms with Crippen LogP contribution in [0.1, 0.15) is 36.8 Å². The molecule has 176 valence electrons. The summed E-state index contributed by atoms with van der Waals surface area (Å²) < 4.78 is 29.5. The Morgan fingerprint density at radius 1 is 1.26 bits per heavy atom. The minimum Gasteiger partial charge on any atom is -0.381 e. The topological polar surface area (TPSA) is 83.0 Å². The number of hydrogen-bond acceptors (Lipinski definition) is 5. The lowest BCUT2D eigenvalue weighted by Gasteiger charge is -2.37. The van der Waals surface area contributed by atoms with E-state index in [-0.39, 0.29) is 24.0 Å². The van der Waals surface area contributed by atoms with E-state index in [0.717, 1.165) is 32.5 Å². The highest BCUT2D eigenvalue weighted by atomic mass is 127. The fourth-order valence-electron chi connectivity index (χ4n) is 4.36. The van der Waals surface area contributed by atoms with Crippen LogP contribution >= 0.6 is 24.0 Å². The summed E-state index contributed by atoms with van der Waals surface area (Å²) in [5.74, 6) is 0.682. The van der Waals surface area contributed by atoms with Gasteiger partial charge < -0.3 is 15.4 Å². The average Bonchev–Trinajstić information content (AvgIpc) is 2.72. The number of piperidine rings is 1. The number of benzene rings is 1. The van der Waals surface area contributed by atoms with E-state index in [4.69, 9.17) is 4.74 Å². The first-order valence-corrected chi connectivity index (χ1v) is 12.7. The summed E-state index contributed by atoms with van der Waals surface area (Å²) in [7, 11) is -1.46. The van der Waals surface area contributed by atoms with Gasteiger partial charge in [-0.1, -0.05) is 29.8 Å². The van der Waals surface area contributed by atoms with Crippen molar-refractivity contribution in [2.24, 2.45) is 4.99 Å². The average molecular weight is 565 g/mol. The van der Waals surface area contributed by atoms with Crippen LogP contribution in [0, 0.1) is 6.92 Å². The second-order valence-corrected chi connectivity index (χ2v) is 11.1. The molecule has 3 rings (SSSR count). The van der Waals surface area contributed by atoms with Crippen molar-refractivity contribution in [3.05, 3.63) is 35.4 Å². The zero-order valence-electron chi connectivity index (χ0n) is 18.9. The van der Waals surface area contributed by atoms with Crippen LogP contribution in [0.15, 0.2) is 29.3 Å². The number of likely N-dealkylation sites (tertiary alicyclic amines) is 1. The summed E-state index contributed by atoms with van der Waals surface area (Å²) in [6.45, 7) is 6.52. The van der Waals surface area contributed by atoms with Crippen LogP contribution in [-0.2, 0) is 21.1 Å². The predicted octanol–water partition coefficient (Wildman–Crippen LogP) is 2.34. The van der Waals surface area contributed by atoms with Gasteiger partial charge >= 0.3 is 0 Å². The SMILES string of the molecule is CN=C(NCC1(S(C)(=O)=O)CCOCC1)NC1CCN(Cc2cccc(C)c2)CC1.I. The van der Waals surface area contributed by atoms with Crippen molar-refractivity contribution < 1.29 is 13.2 Å². The number of halogens is 1. The summed E-state index contributed by atoms with van der Waals surface area (Å²) in [6.07, 6.45) is 4.45. The van der Waals surface area contributed by atoms with Crippen molar-refractivity contribution in [1.29, 1.82) is 0 Å². The molecule has 2 aliphatic heterocycles. The number of nitrogens with one attached hydrogen (secondary N) is 2. The van der Waals surface area contributed by atoms with Gasteiger partial charge in [-0.25, -0.2) is 8.42 Å². The maximum Gasteiger partial charge on any atom is 0.191 e. The molecule has 1 aromatic carbocycles. The van der Waals surface area contributed by atoms with Crippen LogP contribution in [0.5, 0.6) is 0 Å². The summed E-state index contributed by atoms with van der Waals surface area (Å²) in [5.41, 5.74) is 2.66. The highest BCUT2D eigenvalue weighted by Gasteiger charge is 2.42. The molecule has 0 spiro atoms. The molecule has 7 nitrogen and oxygen atoms in total. The zero-order chi connectivity index (χ0) is 21.6. The molecular formula is C22H37IN4O3S. The van der Waals surface area contributed by atoms with Crippen LogP contribution in [0.3, 0.4) is 0 Å². The lowest BCUT2D eigenvalue weighted by molar-refractivity contribution is 0.0756. The smallest absolute Gasteiger partial charge is 0.191 e. The van der Waals surface area contributed by atoms with Crippen LogP contribution < -0.4 is 10.6 Å². The van der Waals surface area contributed by atoms with E-state index >= 15 is 0 Å². The zero-order valence-corrected chi connectivity index (χ0v) is 22.0. The highest BCUT2D eigenvalue weighted by molar-refractivity contribution is 14.0. The highest BCUT2D eigenvalue weighted by Crippen LogP contribution is 2.28. The number of guanidine groups is 1. The van der Waals surface area contributed by atoms with Crippen LogP contribution in [0.25, 0.3) is 0 Å². The number of aliphatic imine (C=N–C) groups is 1. The van der Waals surface area contributed by atoms with Gasteiger partial charge in [-0.3, -0.25) is 9.89 Å². The first kappa shape index (κ1) is 26.3. The number of rotatable bonds is 6. The Labute approximate surface area is 204 Å². The Hall–Kier alpha value is -0.910. The Kier molecular flexibility index (Phi) is 10.0. The first-order valence-electron chi connectivity index (χ1n) is 10.8. The Morgan fingerprint density at radius 3 is 2.52 bits per heavy atom. The third-order valence-electron chi connectivity index (χ3n) is 6.41. The fourth-order valence-corrected chi connectivity index (χ4v) is 5.60. The van der Waals surface area contributed by atoms with Crippen molar-refractivity contribution in [3.63, 3.8) is 0 Å². The summed E-state index contributed by atoms with van der Waals surface area (Å²) in [6, 6.07) is 9.04. The van der Waals surface area contributed by atoms with E-state index in [1.54, 1.807) is 7.05 Å². The van der Waals surface area contributed by atoms with Gasteiger partial charge in [-0.15, -0.1) is 24.0 Å². The molecule has 2 N–H and O–H groups in total. The molecule has 0 unspecified atom stereocenters. The molecule has 0 saturated carbocycles. The molecule has 2 aliphatic rings. The number of ether oxygens (including phenoxy) is 1. The maximum atomic E-state index is 12.4. The third-order valence-corrected chi connectivity index (χ3v) is 8.54. The minimum atomic E-state index is -3.20. The van der Waals surface area contributed by atoms with Crippen LogP contribution in [0.2, 0.25) is 0 Å². The summed E-state index contributed by atoms with van der Waals surface area (Å²) in [5, 5.41) is 6.78. The first-order chi connectivity index (χ1) is 14.3. The van der Waals surface area contributed by atoms with Gasteiger partial charge in [0.05, 0.1) is 4.75 Å². The van der Waals surface area contributed by atoms with Crippen LogP contribution in [0.4, 0.5) is 0 Å². The normalized spacial score (nSPS) is 20.7. The van der Waals surface area contributed by atoms with Gasteiger partial charge in [-0.05, 0) is 38.2 Å². The predicted molar refractivity (Wildman–Crippen MR) is 137 cm³/mol. The van der Waals surface area contributed by atoms with Gasteiger partial charge in [0, 0.05) is 58.7 Å². The standard InChI is InChI=1S/C22H36N4O3S.HI/c1-18-5-4-6-19(15-18)16-26-11-7-20(8-12-26)25-21(23-2)24-17-22(30(3,27)28)9-13-29-14-10-22;/h4-6,15,20H,7-14,16-17H2,1-3H3,(H2,23,24,25);1H. The maximum absolute atomic E-state index is 12.4. The van der Waals surface area contributed by atoms with Gasteiger partial charge in [0.2, 0.25) is 0 Å². The van der Waals surface area contributed by atoms with E-state index in [1.165, 1.54) is 17.4 Å². The molecule has 2 heterocycles. The van der Waals surface area contributed by atoms with Gasteiger partial charge in [0.1, 0.15) is 0 Å². The molecule has 2 saturated heterocycles. The van der Waals surface area contributed by atoms with Gasteiger partial charge in [-0.2, -0.15) is 0 Å². The van der Waals surface area contributed by atoms with E-state index in [2.05, 4.69) is 51.7 Å². The summed E-state index contributed by atoms with van der Waals surface area (Å²) in [4.78, 5) is 6.82. The van der Waals surface area contributed by atoms with E-state index < -0.39 is 14.6 Å². The van der Waals surface area contributed by atoms with Crippen molar-refractivity contribution in [2.75, 3.05) is 46.2 Å². The summed E-state index contributed by atoms with van der Waals surface area (Å²) >= 11 is 0. The molecule has 0 aliphatic carbocycles. The number of aryl methyl sites for hydroxylation is 1. The van der Waals surface area contributed by atoms with E-state index in [0.29, 0.717) is 44.6 Å². The van der Waals surface area contributed by atoms with Gasteiger partial charge in [0.25, 0.3) is 0 Å².